The molecule has 0 spiro atoms. The molecular formula is C31H42N3O2P. The minimum atomic E-state index is -2.03. The fraction of sp³-hybridized carbons (Fsp3) is 0.613. The van der Waals surface area contributed by atoms with E-state index in [2.05, 4.69) is 43.0 Å². The standard InChI is InChI=1S/C31H42N3O2P/c1-19-17-28(33(3)31(35)25-8-6-7-24(29(19)25)21-9-10-21)30-20(2)26-18-22(11-12-27(26)32-30)34-15-13-23(14-16-34)37(4,5)36/h8,11-12,18-21,23,28H,6-7,9-10,13-17H2,1-5H3. The molecule has 1 aromatic rings. The van der Waals surface area contributed by atoms with Crippen molar-refractivity contribution in [2.24, 2.45) is 16.8 Å². The van der Waals surface area contributed by atoms with Crippen molar-refractivity contribution < 1.29 is 9.36 Å². The number of carbonyl (C=O) groups is 1. The van der Waals surface area contributed by atoms with Gasteiger partial charge in [0.15, 0.2) is 0 Å². The van der Waals surface area contributed by atoms with Crippen molar-refractivity contribution >= 4 is 30.1 Å². The van der Waals surface area contributed by atoms with Crippen molar-refractivity contribution in [1.29, 1.82) is 0 Å². The van der Waals surface area contributed by atoms with E-state index < -0.39 is 7.14 Å². The highest BCUT2D eigenvalue weighted by Gasteiger charge is 2.42. The second-order valence-electron chi connectivity index (χ2n) is 12.6. The van der Waals surface area contributed by atoms with Gasteiger partial charge in [0.05, 0.1) is 18.9 Å². The lowest BCUT2D eigenvalue weighted by atomic mass is 9.79. The molecule has 1 saturated carbocycles. The van der Waals surface area contributed by atoms with Crippen molar-refractivity contribution in [3.8, 4) is 0 Å². The summed E-state index contributed by atoms with van der Waals surface area (Å²) in [4.78, 5) is 23.4. The monoisotopic (exact) mass is 519 g/mol. The molecule has 6 heteroatoms. The Balaban J connectivity index is 1.24. The highest BCUT2D eigenvalue weighted by molar-refractivity contribution is 7.63. The van der Waals surface area contributed by atoms with E-state index in [4.69, 9.17) is 4.99 Å². The van der Waals surface area contributed by atoms with Gasteiger partial charge in [0.25, 0.3) is 5.91 Å². The van der Waals surface area contributed by atoms with Crippen LogP contribution in [0.3, 0.4) is 0 Å². The molecule has 5 aliphatic rings. The molecule has 3 aliphatic heterocycles. The molecular weight excluding hydrogens is 477 g/mol. The molecule has 3 heterocycles. The van der Waals surface area contributed by atoms with E-state index in [9.17, 15) is 9.36 Å². The number of piperidine rings is 1. The average molecular weight is 520 g/mol. The van der Waals surface area contributed by atoms with Crippen LogP contribution in [0.25, 0.3) is 0 Å². The number of hydrogen-bond acceptors (Lipinski definition) is 4. The predicted molar refractivity (Wildman–Crippen MR) is 154 cm³/mol. The van der Waals surface area contributed by atoms with Crippen molar-refractivity contribution in [2.75, 3.05) is 38.4 Å². The Bertz CT molecular complexity index is 1260. The summed E-state index contributed by atoms with van der Waals surface area (Å²) in [5, 5.41) is 0. The topological polar surface area (TPSA) is 53.0 Å². The van der Waals surface area contributed by atoms with Gasteiger partial charge in [-0.15, -0.1) is 0 Å². The lowest BCUT2D eigenvalue weighted by Gasteiger charge is -2.35. The Morgan fingerprint density at radius 3 is 2.46 bits per heavy atom. The van der Waals surface area contributed by atoms with Crippen LogP contribution in [-0.2, 0) is 9.36 Å². The van der Waals surface area contributed by atoms with Crippen LogP contribution < -0.4 is 4.90 Å². The Morgan fingerprint density at radius 1 is 1.05 bits per heavy atom. The maximum absolute atomic E-state index is 13.8. The number of benzene rings is 1. The average Bonchev–Trinajstić information content (AvgIpc) is 3.69. The van der Waals surface area contributed by atoms with E-state index in [0.717, 1.165) is 62.2 Å². The van der Waals surface area contributed by atoms with E-state index in [-0.39, 0.29) is 17.9 Å². The molecule has 3 fully saturated rings. The third kappa shape index (κ3) is 4.46. The number of allylic oxidation sites excluding steroid dienone is 2. The quantitative estimate of drug-likeness (QED) is 0.413. The number of aliphatic imine (C=N–C) groups is 1. The molecule has 3 unspecified atom stereocenters. The minimum absolute atomic E-state index is 0.0202. The molecule has 0 aromatic heterocycles. The second kappa shape index (κ2) is 9.26. The van der Waals surface area contributed by atoms with Crippen LogP contribution in [0, 0.1) is 11.8 Å². The maximum Gasteiger partial charge on any atom is 0.254 e. The molecule has 6 rings (SSSR count). The normalized spacial score (nSPS) is 29.1. The Hall–Kier alpha value is -2.13. The molecule has 198 valence electrons. The van der Waals surface area contributed by atoms with Gasteiger partial charge in [-0.05, 0) is 99.4 Å². The van der Waals surface area contributed by atoms with E-state index in [1.807, 2.05) is 25.3 Å². The fourth-order valence-electron chi connectivity index (χ4n) is 7.38. The second-order valence-corrected chi connectivity index (χ2v) is 16.2. The number of carbonyl (C=O) groups excluding carboxylic acids is 1. The third-order valence-corrected chi connectivity index (χ3v) is 12.1. The van der Waals surface area contributed by atoms with E-state index in [1.54, 1.807) is 5.57 Å². The molecule has 37 heavy (non-hydrogen) atoms. The molecule has 1 amide bonds. The number of rotatable bonds is 4. The van der Waals surface area contributed by atoms with Crippen LogP contribution in [0.2, 0.25) is 0 Å². The first kappa shape index (κ1) is 25.2. The smallest absolute Gasteiger partial charge is 0.254 e. The molecule has 3 atom stereocenters. The first-order valence-electron chi connectivity index (χ1n) is 14.4. The number of likely N-dealkylation sites (N-methyl/N-ethyl adjacent to an activating group) is 1. The van der Waals surface area contributed by atoms with Gasteiger partial charge in [-0.25, -0.2) is 0 Å². The molecule has 0 bridgehead atoms. The van der Waals surface area contributed by atoms with Gasteiger partial charge in [0, 0.05) is 48.7 Å². The number of amides is 1. The van der Waals surface area contributed by atoms with Crippen LogP contribution in [0.5, 0.6) is 0 Å². The third-order valence-electron chi connectivity index (χ3n) is 9.78. The zero-order chi connectivity index (χ0) is 26.1. The number of likely N-dealkylation sites (tertiary alicyclic amines) is 1. The lowest BCUT2D eigenvalue weighted by Crippen LogP contribution is -2.43. The molecule has 1 aromatic carbocycles. The van der Waals surface area contributed by atoms with Crippen molar-refractivity contribution in [2.45, 2.75) is 76.4 Å². The van der Waals surface area contributed by atoms with Gasteiger partial charge in [-0.2, -0.15) is 0 Å². The minimum Gasteiger partial charge on any atom is -0.371 e. The molecule has 2 saturated heterocycles. The SMILES string of the molecule is CC1CC(C2=Nc3ccc(N4CCC(P(C)(C)=O)CC4)cc3C2C)N(C)C(=O)C2=CCCC(C3CC3)=C21. The van der Waals surface area contributed by atoms with E-state index in [1.165, 1.54) is 29.7 Å². The number of anilines is 1. The Kier molecular flexibility index (Phi) is 6.30. The molecule has 5 nitrogen and oxygen atoms in total. The summed E-state index contributed by atoms with van der Waals surface area (Å²) in [5.74, 6) is 1.45. The number of fused-ring (bicyclic) bond motifs is 2. The maximum atomic E-state index is 13.8. The molecule has 0 N–H and O–H groups in total. The summed E-state index contributed by atoms with van der Waals surface area (Å²) in [6, 6.07) is 6.72. The summed E-state index contributed by atoms with van der Waals surface area (Å²) in [6.07, 6.45) is 9.86. The lowest BCUT2D eigenvalue weighted by molar-refractivity contribution is -0.126. The zero-order valence-corrected chi connectivity index (χ0v) is 24.1. The summed E-state index contributed by atoms with van der Waals surface area (Å²) in [7, 11) is -0.0373. The number of hydrogen-bond donors (Lipinski definition) is 0. The van der Waals surface area contributed by atoms with Crippen LogP contribution >= 0.6 is 7.14 Å². The van der Waals surface area contributed by atoms with Crippen molar-refractivity contribution in [3.63, 3.8) is 0 Å². The summed E-state index contributed by atoms with van der Waals surface area (Å²) >= 11 is 0. The van der Waals surface area contributed by atoms with Crippen molar-refractivity contribution in [1.82, 2.24) is 4.90 Å². The van der Waals surface area contributed by atoms with Gasteiger partial charge < -0.3 is 14.4 Å². The van der Waals surface area contributed by atoms with E-state index >= 15 is 0 Å². The Morgan fingerprint density at radius 2 is 1.78 bits per heavy atom. The first-order chi connectivity index (χ1) is 17.6. The molecule has 2 aliphatic carbocycles. The van der Waals surface area contributed by atoms with E-state index in [0.29, 0.717) is 17.5 Å². The van der Waals surface area contributed by atoms with Crippen LogP contribution in [0.1, 0.15) is 70.3 Å². The highest BCUT2D eigenvalue weighted by atomic mass is 31.2. The first-order valence-corrected chi connectivity index (χ1v) is 17.0. The van der Waals surface area contributed by atoms with Gasteiger partial charge >= 0.3 is 0 Å². The predicted octanol–water partition coefficient (Wildman–Crippen LogP) is 6.76. The number of nitrogens with zero attached hydrogens (tertiary/aromatic N) is 3. The van der Waals surface area contributed by atoms with Crippen LogP contribution in [-0.4, -0.2) is 61.7 Å². The van der Waals surface area contributed by atoms with Crippen LogP contribution in [0.4, 0.5) is 11.4 Å². The largest absolute Gasteiger partial charge is 0.371 e. The van der Waals surface area contributed by atoms with Gasteiger partial charge in [0.1, 0.15) is 0 Å². The summed E-state index contributed by atoms with van der Waals surface area (Å²) in [5.41, 5.74) is 8.99. The zero-order valence-electron chi connectivity index (χ0n) is 23.2. The summed E-state index contributed by atoms with van der Waals surface area (Å²) in [6.45, 7) is 10.4. The van der Waals surface area contributed by atoms with Crippen LogP contribution in [0.15, 0.2) is 46.0 Å². The fourth-order valence-corrected chi connectivity index (χ4v) is 8.86. The van der Waals surface area contributed by atoms with Gasteiger partial charge in [0.2, 0.25) is 0 Å². The molecule has 0 radical (unpaired) electrons. The Labute approximate surface area is 222 Å². The van der Waals surface area contributed by atoms with Crippen molar-refractivity contribution in [3.05, 3.63) is 46.6 Å². The highest BCUT2D eigenvalue weighted by Crippen LogP contribution is 2.50. The van der Waals surface area contributed by atoms with Gasteiger partial charge in [-0.1, -0.05) is 25.5 Å². The van der Waals surface area contributed by atoms with Gasteiger partial charge in [-0.3, -0.25) is 9.79 Å². The summed E-state index contributed by atoms with van der Waals surface area (Å²) < 4.78 is 12.6.